The van der Waals surface area contributed by atoms with E-state index in [9.17, 15) is 9.59 Å². The molecule has 5 heteroatoms. The van der Waals surface area contributed by atoms with Crippen LogP contribution >= 0.6 is 0 Å². The summed E-state index contributed by atoms with van der Waals surface area (Å²) in [5, 5.41) is 11.7. The highest BCUT2D eigenvalue weighted by Crippen LogP contribution is 2.24. The van der Waals surface area contributed by atoms with Gasteiger partial charge in [0.25, 0.3) is 0 Å². The molecular weight excluding hydrogens is 232 g/mol. The maximum atomic E-state index is 12.1. The summed E-state index contributed by atoms with van der Waals surface area (Å²) in [6.07, 6.45) is 3.20. The quantitative estimate of drug-likeness (QED) is 0.791. The highest BCUT2D eigenvalue weighted by Gasteiger charge is 2.25. The molecule has 5 nitrogen and oxygen atoms in total. The third-order valence-electron chi connectivity index (χ3n) is 3.47. The molecule has 0 aliphatic heterocycles. The van der Waals surface area contributed by atoms with Gasteiger partial charge in [0, 0.05) is 18.6 Å². The van der Waals surface area contributed by atoms with Crippen LogP contribution in [0.25, 0.3) is 0 Å². The fraction of sp³-hybridized carbons (Fsp3) is 0.846. The molecule has 0 aromatic carbocycles. The summed E-state index contributed by atoms with van der Waals surface area (Å²) in [7, 11) is 0. The highest BCUT2D eigenvalue weighted by molar-refractivity contribution is 5.76. The van der Waals surface area contributed by atoms with Gasteiger partial charge in [-0.2, -0.15) is 0 Å². The molecule has 0 bridgehead atoms. The minimum atomic E-state index is -0.872. The van der Waals surface area contributed by atoms with E-state index in [1.54, 1.807) is 4.90 Å². The Morgan fingerprint density at radius 2 is 2.06 bits per heavy atom. The Balaban J connectivity index is 2.46. The van der Waals surface area contributed by atoms with Gasteiger partial charge in [0.05, 0.1) is 6.42 Å². The van der Waals surface area contributed by atoms with Gasteiger partial charge in [-0.15, -0.1) is 0 Å². The minimum absolute atomic E-state index is 0.00727. The van der Waals surface area contributed by atoms with Gasteiger partial charge in [0.1, 0.15) is 0 Å². The lowest BCUT2D eigenvalue weighted by Crippen LogP contribution is -2.47. The number of carboxylic acids is 1. The molecule has 1 aliphatic carbocycles. The number of rotatable bonds is 5. The van der Waals surface area contributed by atoms with E-state index in [0.717, 1.165) is 19.3 Å². The van der Waals surface area contributed by atoms with Crippen LogP contribution in [-0.2, 0) is 4.79 Å². The van der Waals surface area contributed by atoms with Crippen molar-refractivity contribution < 1.29 is 14.7 Å². The Kier molecular flexibility index (Phi) is 5.44. The van der Waals surface area contributed by atoms with E-state index >= 15 is 0 Å². The van der Waals surface area contributed by atoms with Crippen LogP contribution in [0, 0.1) is 5.92 Å². The number of carbonyl (C=O) groups excluding carboxylic acids is 1. The average molecular weight is 256 g/mol. The number of urea groups is 1. The standard InChI is InChI=1S/C13H24N2O3/c1-9(2)15(7-6-12(16)17)13(18)14-11-5-4-10(3)8-11/h9-11H,4-8H2,1-3H3,(H,14,18)(H,16,17). The van der Waals surface area contributed by atoms with E-state index in [1.165, 1.54) is 0 Å². The van der Waals surface area contributed by atoms with E-state index in [-0.39, 0.29) is 31.1 Å². The maximum absolute atomic E-state index is 12.1. The molecule has 2 amide bonds. The average Bonchev–Trinajstić information content (AvgIpc) is 2.63. The summed E-state index contributed by atoms with van der Waals surface area (Å²) in [4.78, 5) is 24.3. The lowest BCUT2D eigenvalue weighted by atomic mass is 10.1. The fourth-order valence-corrected chi connectivity index (χ4v) is 2.41. The molecule has 18 heavy (non-hydrogen) atoms. The molecule has 0 spiro atoms. The van der Waals surface area contributed by atoms with Crippen LogP contribution in [-0.4, -0.2) is 40.6 Å². The second-order valence-electron chi connectivity index (χ2n) is 5.50. The van der Waals surface area contributed by atoms with Crippen LogP contribution in [0.3, 0.4) is 0 Å². The van der Waals surface area contributed by atoms with E-state index in [4.69, 9.17) is 5.11 Å². The second kappa shape index (κ2) is 6.61. The van der Waals surface area contributed by atoms with Gasteiger partial charge in [-0.05, 0) is 39.0 Å². The summed E-state index contributed by atoms with van der Waals surface area (Å²) in [6, 6.07) is 0.132. The van der Waals surface area contributed by atoms with Gasteiger partial charge in [-0.1, -0.05) is 6.92 Å². The summed E-state index contributed by atoms with van der Waals surface area (Å²) >= 11 is 0. The lowest BCUT2D eigenvalue weighted by Gasteiger charge is -2.28. The van der Waals surface area contributed by atoms with Gasteiger partial charge < -0.3 is 15.3 Å². The first-order valence-corrected chi connectivity index (χ1v) is 6.69. The predicted octanol–water partition coefficient (Wildman–Crippen LogP) is 2.07. The maximum Gasteiger partial charge on any atom is 0.317 e. The first-order valence-electron chi connectivity index (χ1n) is 6.69. The van der Waals surface area contributed by atoms with Crippen molar-refractivity contribution in [2.24, 2.45) is 5.92 Å². The number of aliphatic carboxylic acids is 1. The molecule has 1 saturated carbocycles. The van der Waals surface area contributed by atoms with E-state index in [0.29, 0.717) is 5.92 Å². The van der Waals surface area contributed by atoms with Crippen LogP contribution < -0.4 is 5.32 Å². The van der Waals surface area contributed by atoms with Crippen LogP contribution in [0.2, 0.25) is 0 Å². The molecule has 1 rings (SSSR count). The summed E-state index contributed by atoms with van der Waals surface area (Å²) in [5.74, 6) is -0.204. The molecule has 0 aromatic heterocycles. The summed E-state index contributed by atoms with van der Waals surface area (Å²) in [5.41, 5.74) is 0. The Bertz CT molecular complexity index is 305. The largest absolute Gasteiger partial charge is 0.481 e. The van der Waals surface area contributed by atoms with Gasteiger partial charge in [0.2, 0.25) is 0 Å². The normalized spacial score (nSPS) is 23.1. The van der Waals surface area contributed by atoms with Crippen LogP contribution in [0.4, 0.5) is 4.79 Å². The van der Waals surface area contributed by atoms with Crippen LogP contribution in [0.5, 0.6) is 0 Å². The molecule has 0 aromatic rings. The number of nitrogens with one attached hydrogen (secondary N) is 1. The number of carboxylic acid groups (broad SMARTS) is 1. The number of carbonyl (C=O) groups is 2. The zero-order valence-corrected chi connectivity index (χ0v) is 11.5. The molecule has 0 radical (unpaired) electrons. The van der Waals surface area contributed by atoms with Crippen molar-refractivity contribution in [2.75, 3.05) is 6.54 Å². The van der Waals surface area contributed by atoms with E-state index in [1.807, 2.05) is 13.8 Å². The molecule has 1 aliphatic rings. The SMILES string of the molecule is CC1CCC(NC(=O)N(CCC(=O)O)C(C)C)C1. The third kappa shape index (κ3) is 4.55. The molecule has 2 unspecified atom stereocenters. The van der Waals surface area contributed by atoms with Crippen molar-refractivity contribution in [3.05, 3.63) is 0 Å². The lowest BCUT2D eigenvalue weighted by molar-refractivity contribution is -0.137. The fourth-order valence-electron chi connectivity index (χ4n) is 2.41. The van der Waals surface area contributed by atoms with Crippen molar-refractivity contribution in [2.45, 2.75) is 58.5 Å². The molecule has 2 N–H and O–H groups in total. The highest BCUT2D eigenvalue weighted by atomic mass is 16.4. The molecule has 0 heterocycles. The molecule has 1 fully saturated rings. The monoisotopic (exact) mass is 256 g/mol. The Labute approximate surface area is 109 Å². The molecule has 2 atom stereocenters. The first kappa shape index (κ1) is 14.8. The Hall–Kier alpha value is -1.26. The van der Waals surface area contributed by atoms with Crippen molar-refractivity contribution in [3.8, 4) is 0 Å². The molecule has 0 saturated heterocycles. The number of hydrogen-bond acceptors (Lipinski definition) is 2. The van der Waals surface area contributed by atoms with Gasteiger partial charge in [-0.3, -0.25) is 4.79 Å². The van der Waals surface area contributed by atoms with Crippen molar-refractivity contribution in [1.82, 2.24) is 10.2 Å². The number of hydrogen-bond donors (Lipinski definition) is 2. The molecule has 104 valence electrons. The van der Waals surface area contributed by atoms with Gasteiger partial charge in [0.15, 0.2) is 0 Å². The second-order valence-corrected chi connectivity index (χ2v) is 5.50. The van der Waals surface area contributed by atoms with Crippen molar-refractivity contribution in [1.29, 1.82) is 0 Å². The number of amides is 2. The topological polar surface area (TPSA) is 69.6 Å². The van der Waals surface area contributed by atoms with Crippen molar-refractivity contribution in [3.63, 3.8) is 0 Å². The van der Waals surface area contributed by atoms with E-state index < -0.39 is 5.97 Å². The third-order valence-corrected chi connectivity index (χ3v) is 3.47. The summed E-state index contributed by atoms with van der Waals surface area (Å²) < 4.78 is 0. The Morgan fingerprint density at radius 1 is 1.39 bits per heavy atom. The van der Waals surface area contributed by atoms with Crippen LogP contribution in [0.15, 0.2) is 0 Å². The zero-order chi connectivity index (χ0) is 13.7. The summed E-state index contributed by atoms with van der Waals surface area (Å²) in [6.45, 7) is 6.26. The predicted molar refractivity (Wildman–Crippen MR) is 69.4 cm³/mol. The van der Waals surface area contributed by atoms with Crippen LogP contribution in [0.1, 0.15) is 46.5 Å². The smallest absolute Gasteiger partial charge is 0.317 e. The number of nitrogens with zero attached hydrogens (tertiary/aromatic N) is 1. The zero-order valence-electron chi connectivity index (χ0n) is 11.5. The Morgan fingerprint density at radius 3 is 2.50 bits per heavy atom. The van der Waals surface area contributed by atoms with Gasteiger partial charge in [-0.25, -0.2) is 4.79 Å². The molecular formula is C13H24N2O3. The van der Waals surface area contributed by atoms with Crippen molar-refractivity contribution >= 4 is 12.0 Å². The van der Waals surface area contributed by atoms with Gasteiger partial charge >= 0.3 is 12.0 Å². The first-order chi connectivity index (χ1) is 8.40. The minimum Gasteiger partial charge on any atom is -0.481 e. The van der Waals surface area contributed by atoms with E-state index in [2.05, 4.69) is 12.2 Å².